The van der Waals surface area contributed by atoms with E-state index in [2.05, 4.69) is 27.8 Å². The lowest BCUT2D eigenvalue weighted by molar-refractivity contribution is -0.142. The van der Waals surface area contributed by atoms with Crippen molar-refractivity contribution in [2.24, 2.45) is 17.8 Å². The molecule has 0 aromatic heterocycles. The number of hydrogen-bond donors (Lipinski definition) is 3. The number of rotatable bonds is 5. The Kier molecular flexibility index (Phi) is 7.89. The van der Waals surface area contributed by atoms with Gasteiger partial charge in [0.25, 0.3) is 0 Å². The molecule has 0 bridgehead atoms. The predicted molar refractivity (Wildman–Crippen MR) is 128 cm³/mol. The standard InChI is InChI=1S/C25H45N5O3/c1-17-15-19(5-8-21(17)25(31)29-11-13-33-14-12-29)28-23-24-27-16-22(30(24)10-9-26-23)18-3-6-20(32-2)7-4-18/h17-24,26-28H,3-16H2,1-2H3. The molecule has 3 aliphatic heterocycles. The maximum Gasteiger partial charge on any atom is 0.226 e. The summed E-state index contributed by atoms with van der Waals surface area (Å²) in [5.41, 5.74) is 0. The van der Waals surface area contributed by atoms with E-state index in [0.29, 0.717) is 49.4 Å². The molecule has 8 heteroatoms. The second-order valence-corrected chi connectivity index (χ2v) is 11.1. The predicted octanol–water partition coefficient (Wildman–Crippen LogP) is 0.974. The molecule has 33 heavy (non-hydrogen) atoms. The highest BCUT2D eigenvalue weighted by Crippen LogP contribution is 2.35. The number of hydrogen-bond acceptors (Lipinski definition) is 7. The Morgan fingerprint density at radius 2 is 1.82 bits per heavy atom. The van der Waals surface area contributed by atoms with E-state index in [1.165, 1.54) is 25.7 Å². The van der Waals surface area contributed by atoms with Crippen molar-refractivity contribution in [3.8, 4) is 0 Å². The van der Waals surface area contributed by atoms with E-state index in [1.807, 2.05) is 12.0 Å². The van der Waals surface area contributed by atoms with Gasteiger partial charge in [-0.3, -0.25) is 25.6 Å². The summed E-state index contributed by atoms with van der Waals surface area (Å²) in [6.45, 7) is 8.43. The van der Waals surface area contributed by atoms with Gasteiger partial charge in [0.15, 0.2) is 0 Å². The van der Waals surface area contributed by atoms with Gasteiger partial charge in [-0.05, 0) is 56.8 Å². The molecule has 0 spiro atoms. The molecule has 8 nitrogen and oxygen atoms in total. The molecule has 188 valence electrons. The lowest BCUT2D eigenvalue weighted by Gasteiger charge is -2.45. The van der Waals surface area contributed by atoms with Gasteiger partial charge in [-0.2, -0.15) is 0 Å². The van der Waals surface area contributed by atoms with Crippen LogP contribution in [0.25, 0.3) is 0 Å². The van der Waals surface area contributed by atoms with E-state index >= 15 is 0 Å². The minimum absolute atomic E-state index is 0.174. The second-order valence-electron chi connectivity index (χ2n) is 11.1. The molecule has 5 rings (SSSR count). The third-order valence-electron chi connectivity index (χ3n) is 9.19. The number of carbonyl (C=O) groups excluding carboxylic acids is 1. The lowest BCUT2D eigenvalue weighted by atomic mass is 9.77. The van der Waals surface area contributed by atoms with Crippen molar-refractivity contribution in [2.45, 2.75) is 82.4 Å². The molecule has 3 saturated heterocycles. The Bertz CT molecular complexity index is 652. The second kappa shape index (κ2) is 10.9. The molecule has 0 radical (unpaired) electrons. The molecule has 2 aliphatic carbocycles. The molecule has 0 aromatic rings. The van der Waals surface area contributed by atoms with Crippen LogP contribution in [0.3, 0.4) is 0 Å². The van der Waals surface area contributed by atoms with Crippen molar-refractivity contribution >= 4 is 5.91 Å². The lowest BCUT2D eigenvalue weighted by Crippen LogP contribution is -2.67. The van der Waals surface area contributed by atoms with Gasteiger partial charge >= 0.3 is 0 Å². The highest BCUT2D eigenvalue weighted by atomic mass is 16.5. The molecule has 6 atom stereocenters. The first-order valence-corrected chi connectivity index (χ1v) is 13.5. The quantitative estimate of drug-likeness (QED) is 0.561. The Hall–Kier alpha value is -0.770. The molecular formula is C25H45N5O3. The van der Waals surface area contributed by atoms with Gasteiger partial charge in [-0.1, -0.05) is 6.92 Å². The Labute approximate surface area is 199 Å². The fourth-order valence-corrected chi connectivity index (χ4v) is 7.24. The van der Waals surface area contributed by atoms with E-state index in [4.69, 9.17) is 9.47 Å². The van der Waals surface area contributed by atoms with Crippen LogP contribution in [0.4, 0.5) is 0 Å². The van der Waals surface area contributed by atoms with Crippen LogP contribution in [0, 0.1) is 17.8 Å². The number of fused-ring (bicyclic) bond motifs is 1. The number of amides is 1. The number of methoxy groups -OCH3 is 1. The van der Waals surface area contributed by atoms with Crippen LogP contribution in [0.5, 0.6) is 0 Å². The Morgan fingerprint density at radius 1 is 1.03 bits per heavy atom. The van der Waals surface area contributed by atoms with Gasteiger partial charge in [0.05, 0.1) is 31.6 Å². The average Bonchev–Trinajstić information content (AvgIpc) is 3.30. The number of morpholine rings is 1. The highest BCUT2D eigenvalue weighted by molar-refractivity contribution is 5.79. The molecule has 0 aromatic carbocycles. The molecule has 3 N–H and O–H groups in total. The van der Waals surface area contributed by atoms with Crippen molar-refractivity contribution < 1.29 is 14.3 Å². The van der Waals surface area contributed by atoms with Gasteiger partial charge in [0.1, 0.15) is 0 Å². The molecular weight excluding hydrogens is 418 g/mol. The van der Waals surface area contributed by atoms with Crippen LogP contribution >= 0.6 is 0 Å². The van der Waals surface area contributed by atoms with Gasteiger partial charge < -0.3 is 14.4 Å². The maximum atomic E-state index is 13.0. The third kappa shape index (κ3) is 5.26. The number of nitrogens with one attached hydrogen (secondary N) is 3. The van der Waals surface area contributed by atoms with Crippen molar-refractivity contribution in [2.75, 3.05) is 53.0 Å². The van der Waals surface area contributed by atoms with Gasteiger partial charge in [-0.15, -0.1) is 0 Å². The summed E-state index contributed by atoms with van der Waals surface area (Å²) in [5, 5.41) is 11.6. The summed E-state index contributed by atoms with van der Waals surface area (Å²) in [6.07, 6.45) is 9.27. The molecule has 5 fully saturated rings. The fraction of sp³-hybridized carbons (Fsp3) is 0.960. The third-order valence-corrected chi connectivity index (χ3v) is 9.19. The summed E-state index contributed by atoms with van der Waals surface area (Å²) < 4.78 is 11.0. The average molecular weight is 464 g/mol. The van der Waals surface area contributed by atoms with Gasteiger partial charge in [0.2, 0.25) is 5.91 Å². The highest BCUT2D eigenvalue weighted by Gasteiger charge is 2.45. The molecule has 1 amide bonds. The van der Waals surface area contributed by atoms with Crippen LogP contribution < -0.4 is 16.0 Å². The fourth-order valence-electron chi connectivity index (χ4n) is 7.24. The van der Waals surface area contributed by atoms with Crippen LogP contribution in [-0.2, 0) is 14.3 Å². The van der Waals surface area contributed by atoms with Crippen LogP contribution in [-0.4, -0.2) is 99.3 Å². The van der Waals surface area contributed by atoms with Gasteiger partial charge in [-0.25, -0.2) is 0 Å². The van der Waals surface area contributed by atoms with Crippen molar-refractivity contribution in [3.63, 3.8) is 0 Å². The summed E-state index contributed by atoms with van der Waals surface area (Å²) >= 11 is 0. The largest absolute Gasteiger partial charge is 0.381 e. The van der Waals surface area contributed by atoms with E-state index in [9.17, 15) is 4.79 Å². The molecule has 5 aliphatic rings. The zero-order chi connectivity index (χ0) is 22.8. The zero-order valence-corrected chi connectivity index (χ0v) is 20.6. The molecule has 2 saturated carbocycles. The summed E-state index contributed by atoms with van der Waals surface area (Å²) in [5.74, 6) is 1.74. The Balaban J connectivity index is 1.13. The van der Waals surface area contributed by atoms with Crippen molar-refractivity contribution in [1.29, 1.82) is 0 Å². The van der Waals surface area contributed by atoms with Crippen LogP contribution in [0.1, 0.15) is 51.9 Å². The number of carbonyl (C=O) groups is 1. The number of nitrogens with zero attached hydrogens (tertiary/aromatic N) is 2. The first kappa shape index (κ1) is 23.9. The van der Waals surface area contributed by atoms with Crippen LogP contribution in [0.15, 0.2) is 0 Å². The van der Waals surface area contributed by atoms with E-state index in [-0.39, 0.29) is 12.1 Å². The van der Waals surface area contributed by atoms with Crippen molar-refractivity contribution in [1.82, 2.24) is 25.8 Å². The minimum atomic E-state index is 0.174. The SMILES string of the molecule is COC1CCC(C2CNC3C(NC4CCC(C(=O)N5CCOCC5)C(C)C4)NCCN23)CC1. The normalized spacial score (nSPS) is 42.8. The summed E-state index contributed by atoms with van der Waals surface area (Å²) in [4.78, 5) is 17.8. The number of ether oxygens (including phenoxy) is 2. The number of piperazine rings is 1. The summed E-state index contributed by atoms with van der Waals surface area (Å²) in [6, 6.07) is 1.13. The van der Waals surface area contributed by atoms with E-state index < -0.39 is 0 Å². The van der Waals surface area contributed by atoms with E-state index in [0.717, 1.165) is 57.9 Å². The minimum Gasteiger partial charge on any atom is -0.381 e. The topological polar surface area (TPSA) is 78.1 Å². The Morgan fingerprint density at radius 3 is 2.55 bits per heavy atom. The molecule has 3 heterocycles. The molecule has 6 unspecified atom stereocenters. The van der Waals surface area contributed by atoms with E-state index in [1.54, 1.807) is 0 Å². The first-order valence-electron chi connectivity index (χ1n) is 13.5. The van der Waals surface area contributed by atoms with Gasteiger partial charge in [0, 0.05) is 57.8 Å². The monoisotopic (exact) mass is 463 g/mol. The first-order chi connectivity index (χ1) is 16.1. The zero-order valence-electron chi connectivity index (χ0n) is 20.6. The van der Waals surface area contributed by atoms with Crippen LogP contribution in [0.2, 0.25) is 0 Å². The smallest absolute Gasteiger partial charge is 0.226 e. The summed E-state index contributed by atoms with van der Waals surface area (Å²) in [7, 11) is 1.86. The van der Waals surface area contributed by atoms with Crippen molar-refractivity contribution in [3.05, 3.63) is 0 Å². The maximum absolute atomic E-state index is 13.0.